The molecule has 1 heterocycles. The maximum absolute atomic E-state index is 11.8. The summed E-state index contributed by atoms with van der Waals surface area (Å²) < 4.78 is 0. The van der Waals surface area contributed by atoms with Gasteiger partial charge in [0, 0.05) is 29.8 Å². The molecule has 0 aliphatic rings. The van der Waals surface area contributed by atoms with Crippen molar-refractivity contribution in [1.82, 2.24) is 9.97 Å². The summed E-state index contributed by atoms with van der Waals surface area (Å²) in [6.07, 6.45) is 0.337. The van der Waals surface area contributed by atoms with E-state index in [-0.39, 0.29) is 12.2 Å². The first kappa shape index (κ1) is 11.5. The molecule has 88 valence electrons. The van der Waals surface area contributed by atoms with Gasteiger partial charge in [0.15, 0.2) is 0 Å². The molecule has 2 aromatic rings. The Hall–Kier alpha value is -1.94. The van der Waals surface area contributed by atoms with Crippen molar-refractivity contribution in [3.05, 3.63) is 51.9 Å². The van der Waals surface area contributed by atoms with E-state index in [0.717, 1.165) is 5.56 Å². The minimum absolute atomic E-state index is 0.0454. The van der Waals surface area contributed by atoms with Crippen LogP contribution in [0.4, 0.5) is 0 Å². The number of nitrogens with one attached hydrogen (secondary N) is 1. The van der Waals surface area contributed by atoms with Crippen LogP contribution in [0.2, 0.25) is 0 Å². The van der Waals surface area contributed by atoms with Crippen LogP contribution in [-0.2, 0) is 6.42 Å². The van der Waals surface area contributed by atoms with E-state index in [0.29, 0.717) is 23.5 Å². The van der Waals surface area contributed by atoms with Crippen LogP contribution in [0.15, 0.2) is 35.1 Å². The van der Waals surface area contributed by atoms with E-state index in [9.17, 15) is 4.79 Å². The molecule has 0 unspecified atom stereocenters. The maximum atomic E-state index is 11.8. The fourth-order valence-corrected chi connectivity index (χ4v) is 1.75. The second-order valence-electron chi connectivity index (χ2n) is 3.82. The fraction of sp³-hybridized carbons (Fsp3) is 0.231. The highest BCUT2D eigenvalue weighted by Gasteiger charge is 2.08. The van der Waals surface area contributed by atoms with Crippen molar-refractivity contribution in [2.24, 2.45) is 0 Å². The summed E-state index contributed by atoms with van der Waals surface area (Å²) in [7, 11) is 0. The zero-order valence-corrected chi connectivity index (χ0v) is 9.60. The van der Waals surface area contributed by atoms with Crippen molar-refractivity contribution >= 4 is 0 Å². The fourth-order valence-electron chi connectivity index (χ4n) is 1.75. The van der Waals surface area contributed by atoms with Gasteiger partial charge in [0.1, 0.15) is 5.82 Å². The first-order chi connectivity index (χ1) is 8.22. The number of benzene rings is 1. The zero-order valence-electron chi connectivity index (χ0n) is 9.60. The normalized spacial score (nSPS) is 10.5. The number of H-pyrrole nitrogens is 1. The third-order valence-electron chi connectivity index (χ3n) is 2.63. The second kappa shape index (κ2) is 4.93. The molecule has 0 spiro atoms. The number of hydrogen-bond acceptors (Lipinski definition) is 3. The number of rotatable bonds is 3. The van der Waals surface area contributed by atoms with E-state index >= 15 is 0 Å². The molecule has 0 bridgehead atoms. The van der Waals surface area contributed by atoms with Crippen LogP contribution in [0.5, 0.6) is 0 Å². The molecule has 2 rings (SSSR count). The monoisotopic (exact) mass is 230 g/mol. The summed E-state index contributed by atoms with van der Waals surface area (Å²) in [6, 6.07) is 9.49. The van der Waals surface area contributed by atoms with Crippen molar-refractivity contribution in [3.63, 3.8) is 0 Å². The van der Waals surface area contributed by atoms with Crippen LogP contribution in [0.25, 0.3) is 11.4 Å². The highest BCUT2D eigenvalue weighted by molar-refractivity contribution is 5.54. The lowest BCUT2D eigenvalue weighted by atomic mass is 10.1. The molecule has 0 aliphatic heterocycles. The van der Waals surface area contributed by atoms with Gasteiger partial charge in [0.25, 0.3) is 5.56 Å². The first-order valence-corrected chi connectivity index (χ1v) is 5.48. The summed E-state index contributed by atoms with van der Waals surface area (Å²) >= 11 is 0. The Balaban J connectivity index is 2.50. The van der Waals surface area contributed by atoms with E-state index in [2.05, 4.69) is 9.97 Å². The molecule has 2 N–H and O–H groups in total. The van der Waals surface area contributed by atoms with Crippen molar-refractivity contribution in [2.75, 3.05) is 6.61 Å². The van der Waals surface area contributed by atoms with E-state index in [4.69, 9.17) is 5.11 Å². The van der Waals surface area contributed by atoms with Crippen molar-refractivity contribution in [3.8, 4) is 11.4 Å². The van der Waals surface area contributed by atoms with Gasteiger partial charge in [-0.2, -0.15) is 0 Å². The number of aromatic amines is 1. The molecule has 0 saturated carbocycles. The van der Waals surface area contributed by atoms with Gasteiger partial charge in [-0.25, -0.2) is 4.98 Å². The summed E-state index contributed by atoms with van der Waals surface area (Å²) in [4.78, 5) is 18.9. The predicted octanol–water partition coefficient (Wildman–Crippen LogP) is 1.28. The lowest BCUT2D eigenvalue weighted by molar-refractivity contribution is 0.298. The smallest absolute Gasteiger partial charge is 0.254 e. The van der Waals surface area contributed by atoms with Crippen molar-refractivity contribution < 1.29 is 5.11 Å². The number of aryl methyl sites for hydroxylation is 1. The van der Waals surface area contributed by atoms with Crippen LogP contribution < -0.4 is 5.56 Å². The molecule has 0 radical (unpaired) electrons. The van der Waals surface area contributed by atoms with E-state index in [1.54, 1.807) is 6.92 Å². The highest BCUT2D eigenvalue weighted by Crippen LogP contribution is 2.13. The summed E-state index contributed by atoms with van der Waals surface area (Å²) in [5.41, 5.74) is 1.92. The number of aliphatic hydroxyl groups is 1. The zero-order chi connectivity index (χ0) is 12.3. The Morgan fingerprint density at radius 2 is 2.00 bits per heavy atom. The molecule has 0 fully saturated rings. The van der Waals surface area contributed by atoms with Gasteiger partial charge in [0.2, 0.25) is 0 Å². The molecule has 4 nitrogen and oxygen atoms in total. The van der Waals surface area contributed by atoms with E-state index in [1.807, 2.05) is 30.3 Å². The van der Waals surface area contributed by atoms with Gasteiger partial charge < -0.3 is 10.1 Å². The lowest BCUT2D eigenvalue weighted by Crippen LogP contribution is -2.18. The largest absolute Gasteiger partial charge is 0.396 e. The van der Waals surface area contributed by atoms with Crippen LogP contribution in [0.3, 0.4) is 0 Å². The minimum atomic E-state index is -0.176. The summed E-state index contributed by atoms with van der Waals surface area (Å²) in [6.45, 7) is 1.74. The van der Waals surface area contributed by atoms with E-state index < -0.39 is 0 Å². The molecule has 0 amide bonds. The Morgan fingerprint density at radius 3 is 2.59 bits per heavy atom. The standard InChI is InChI=1S/C13H14N2O2/c1-9-11(7-8-16)13(17)15-12(14-9)10-5-3-2-4-6-10/h2-6,16H,7-8H2,1H3,(H,14,15,17). The molecular weight excluding hydrogens is 216 g/mol. The Kier molecular flexibility index (Phi) is 3.35. The highest BCUT2D eigenvalue weighted by atomic mass is 16.3. The third kappa shape index (κ3) is 2.42. The Labute approximate surface area is 99.0 Å². The second-order valence-corrected chi connectivity index (χ2v) is 3.82. The van der Waals surface area contributed by atoms with Gasteiger partial charge in [0.05, 0.1) is 0 Å². The molecule has 0 saturated heterocycles. The first-order valence-electron chi connectivity index (χ1n) is 5.48. The quantitative estimate of drug-likeness (QED) is 0.834. The molecule has 0 atom stereocenters. The predicted molar refractivity (Wildman–Crippen MR) is 65.8 cm³/mol. The van der Waals surface area contributed by atoms with Crippen LogP contribution >= 0.6 is 0 Å². The average molecular weight is 230 g/mol. The van der Waals surface area contributed by atoms with Gasteiger partial charge in [-0.15, -0.1) is 0 Å². The van der Waals surface area contributed by atoms with Crippen molar-refractivity contribution in [1.29, 1.82) is 0 Å². The molecular formula is C13H14N2O2. The summed E-state index contributed by atoms with van der Waals surface area (Å²) in [5, 5.41) is 8.87. The van der Waals surface area contributed by atoms with Gasteiger partial charge >= 0.3 is 0 Å². The topological polar surface area (TPSA) is 66.0 Å². The lowest BCUT2D eigenvalue weighted by Gasteiger charge is -2.06. The van der Waals surface area contributed by atoms with Crippen LogP contribution in [0, 0.1) is 6.92 Å². The molecule has 1 aromatic heterocycles. The number of hydrogen-bond donors (Lipinski definition) is 2. The minimum Gasteiger partial charge on any atom is -0.396 e. The number of aromatic nitrogens is 2. The Morgan fingerprint density at radius 1 is 1.29 bits per heavy atom. The molecule has 4 heteroatoms. The average Bonchev–Trinajstić information content (AvgIpc) is 2.35. The molecule has 17 heavy (non-hydrogen) atoms. The SMILES string of the molecule is Cc1nc(-c2ccccc2)[nH]c(=O)c1CCO. The van der Waals surface area contributed by atoms with E-state index in [1.165, 1.54) is 0 Å². The Bertz CT molecular complexity index is 561. The maximum Gasteiger partial charge on any atom is 0.254 e. The summed E-state index contributed by atoms with van der Waals surface area (Å²) in [5.74, 6) is 0.565. The molecule has 0 aliphatic carbocycles. The van der Waals surface area contributed by atoms with Gasteiger partial charge in [-0.3, -0.25) is 4.79 Å². The molecule has 1 aromatic carbocycles. The van der Waals surface area contributed by atoms with Crippen LogP contribution in [0.1, 0.15) is 11.3 Å². The number of nitrogens with zero attached hydrogens (tertiary/aromatic N) is 1. The number of aliphatic hydroxyl groups excluding tert-OH is 1. The van der Waals surface area contributed by atoms with Crippen LogP contribution in [-0.4, -0.2) is 21.7 Å². The third-order valence-corrected chi connectivity index (χ3v) is 2.63. The van der Waals surface area contributed by atoms with Gasteiger partial charge in [-0.05, 0) is 6.92 Å². The van der Waals surface area contributed by atoms with Gasteiger partial charge in [-0.1, -0.05) is 30.3 Å². The van der Waals surface area contributed by atoms with Crippen molar-refractivity contribution in [2.45, 2.75) is 13.3 Å².